The first-order valence-corrected chi connectivity index (χ1v) is 12.4. The maximum absolute atomic E-state index is 13.0. The molecule has 0 bridgehead atoms. The summed E-state index contributed by atoms with van der Waals surface area (Å²) in [6.07, 6.45) is 0.461. The number of sulfone groups is 1. The summed E-state index contributed by atoms with van der Waals surface area (Å²) in [6.45, 7) is 0.217. The van der Waals surface area contributed by atoms with Crippen LogP contribution in [0.1, 0.15) is 18.4 Å². The molecule has 3 heterocycles. The number of nitrogens with zero attached hydrogens (tertiary/aromatic N) is 5. The monoisotopic (exact) mass is 495 g/mol. The molecule has 1 aromatic carbocycles. The summed E-state index contributed by atoms with van der Waals surface area (Å²) in [5.41, 5.74) is 0.796. The van der Waals surface area contributed by atoms with Crippen LogP contribution in [-0.2, 0) is 23.1 Å². The number of piperidine rings is 1. The number of aliphatic hydroxyl groups excluding tert-OH is 1. The van der Waals surface area contributed by atoms with Gasteiger partial charge in [0.25, 0.3) is 0 Å². The van der Waals surface area contributed by atoms with Gasteiger partial charge in [-0.15, -0.1) is 0 Å². The molecule has 0 unspecified atom stereocenters. The number of hydrogen-bond donors (Lipinski definition) is 1. The van der Waals surface area contributed by atoms with Crippen LogP contribution in [0.5, 0.6) is 0 Å². The highest BCUT2D eigenvalue weighted by molar-refractivity contribution is 7.92. The molecule has 1 aliphatic rings. The van der Waals surface area contributed by atoms with Crippen molar-refractivity contribution < 1.29 is 26.7 Å². The van der Waals surface area contributed by atoms with Gasteiger partial charge in [0.15, 0.2) is 15.7 Å². The molecule has 1 N–H and O–H groups in total. The first-order valence-electron chi connectivity index (χ1n) is 10.5. The lowest BCUT2D eigenvalue weighted by Crippen LogP contribution is -2.51. The number of anilines is 1. The Morgan fingerprint density at radius 1 is 1.09 bits per heavy atom. The topological polar surface area (TPSA) is 101 Å². The second kappa shape index (κ2) is 8.66. The molecule has 3 aromatic rings. The van der Waals surface area contributed by atoms with Gasteiger partial charge in [-0.25, -0.2) is 18.4 Å². The molecule has 0 atom stereocenters. The lowest BCUT2D eigenvalue weighted by Gasteiger charge is -2.39. The van der Waals surface area contributed by atoms with Crippen molar-refractivity contribution in [3.63, 3.8) is 0 Å². The van der Waals surface area contributed by atoms with E-state index in [4.69, 9.17) is 0 Å². The average Bonchev–Trinajstić information content (AvgIpc) is 3.24. The first kappa shape index (κ1) is 24.1. The Labute approximate surface area is 195 Å². The highest BCUT2D eigenvalue weighted by Crippen LogP contribution is 2.34. The standard InChI is InChI=1S/C22H24F3N5O3S/c1-29-13-16(12-26-29)20-27-18(15-3-5-17(6-4-15)22(23,24)25)11-19(28-20)30-9-7-21(14-31,8-10-30)34(2,32)33/h3-6,11-13,31H,7-10,14H2,1-2H3. The second-order valence-corrected chi connectivity index (χ2v) is 10.9. The molecule has 2 aromatic heterocycles. The number of rotatable bonds is 5. The summed E-state index contributed by atoms with van der Waals surface area (Å²) >= 11 is 0. The van der Waals surface area contributed by atoms with Crippen molar-refractivity contribution in [1.82, 2.24) is 19.7 Å². The van der Waals surface area contributed by atoms with Gasteiger partial charge in [-0.3, -0.25) is 4.68 Å². The number of benzene rings is 1. The lowest BCUT2D eigenvalue weighted by molar-refractivity contribution is -0.137. The fraction of sp³-hybridized carbons (Fsp3) is 0.409. The molecule has 4 rings (SSSR count). The number of alkyl halides is 3. The Kier molecular flexibility index (Phi) is 6.15. The number of aromatic nitrogens is 4. The zero-order valence-electron chi connectivity index (χ0n) is 18.6. The van der Waals surface area contributed by atoms with Crippen LogP contribution in [0.15, 0.2) is 42.7 Å². The van der Waals surface area contributed by atoms with Crippen molar-refractivity contribution in [1.29, 1.82) is 0 Å². The number of aryl methyl sites for hydroxylation is 1. The summed E-state index contributed by atoms with van der Waals surface area (Å²) < 4.78 is 63.9. The number of aliphatic hydroxyl groups is 1. The van der Waals surface area contributed by atoms with E-state index >= 15 is 0 Å². The van der Waals surface area contributed by atoms with Gasteiger partial charge in [0.05, 0.1) is 34.4 Å². The van der Waals surface area contributed by atoms with Crippen LogP contribution in [0, 0.1) is 0 Å². The molecule has 1 aliphatic heterocycles. The minimum Gasteiger partial charge on any atom is -0.395 e. The predicted molar refractivity (Wildman–Crippen MR) is 121 cm³/mol. The van der Waals surface area contributed by atoms with E-state index in [1.54, 1.807) is 30.2 Å². The maximum atomic E-state index is 13.0. The van der Waals surface area contributed by atoms with Crippen LogP contribution in [0.2, 0.25) is 0 Å². The minimum atomic E-state index is -4.44. The summed E-state index contributed by atoms with van der Waals surface area (Å²) in [7, 11) is -1.73. The Bertz CT molecular complexity index is 1280. The molecule has 0 radical (unpaired) electrons. The van der Waals surface area contributed by atoms with Gasteiger partial charge in [-0.1, -0.05) is 12.1 Å². The molecule has 0 saturated carbocycles. The molecule has 182 valence electrons. The first-order chi connectivity index (χ1) is 15.9. The predicted octanol–water partition coefficient (Wildman–Crippen LogP) is 2.94. The van der Waals surface area contributed by atoms with Crippen molar-refractivity contribution >= 4 is 15.7 Å². The van der Waals surface area contributed by atoms with E-state index in [-0.39, 0.29) is 12.8 Å². The van der Waals surface area contributed by atoms with Crippen LogP contribution in [0.25, 0.3) is 22.6 Å². The normalized spacial score (nSPS) is 16.6. The molecule has 0 spiro atoms. The van der Waals surface area contributed by atoms with E-state index in [1.165, 1.54) is 12.1 Å². The van der Waals surface area contributed by atoms with E-state index in [2.05, 4.69) is 15.1 Å². The lowest BCUT2D eigenvalue weighted by atomic mass is 9.96. The summed E-state index contributed by atoms with van der Waals surface area (Å²) in [4.78, 5) is 11.1. The van der Waals surface area contributed by atoms with Gasteiger partial charge in [0.2, 0.25) is 0 Å². The Morgan fingerprint density at radius 2 is 1.74 bits per heavy atom. The van der Waals surface area contributed by atoms with Crippen molar-refractivity contribution in [2.24, 2.45) is 7.05 Å². The molecule has 0 amide bonds. The molecule has 1 fully saturated rings. The van der Waals surface area contributed by atoms with Crippen molar-refractivity contribution in [2.75, 3.05) is 30.9 Å². The molecule has 12 heteroatoms. The number of hydrogen-bond acceptors (Lipinski definition) is 7. The molecule has 0 aliphatic carbocycles. The fourth-order valence-electron chi connectivity index (χ4n) is 4.03. The van der Waals surface area contributed by atoms with E-state index in [9.17, 15) is 26.7 Å². The van der Waals surface area contributed by atoms with E-state index in [1.807, 2.05) is 4.90 Å². The van der Waals surface area contributed by atoms with Crippen LogP contribution >= 0.6 is 0 Å². The molecular weight excluding hydrogens is 471 g/mol. The van der Waals surface area contributed by atoms with Gasteiger partial charge in [-0.2, -0.15) is 18.3 Å². The number of halogens is 3. The average molecular weight is 496 g/mol. The molecule has 34 heavy (non-hydrogen) atoms. The van der Waals surface area contributed by atoms with Gasteiger partial charge < -0.3 is 10.0 Å². The SMILES string of the molecule is Cn1cc(-c2nc(-c3ccc(C(F)(F)F)cc3)cc(N3CCC(CO)(S(C)(=O)=O)CC3)n2)cn1. The van der Waals surface area contributed by atoms with Gasteiger partial charge in [0.1, 0.15) is 5.82 Å². The Hall–Kier alpha value is -2.99. The highest BCUT2D eigenvalue weighted by atomic mass is 32.2. The van der Waals surface area contributed by atoms with Crippen molar-refractivity contribution in [2.45, 2.75) is 23.8 Å². The van der Waals surface area contributed by atoms with Crippen LogP contribution in [-0.4, -0.2) is 64.0 Å². The third kappa shape index (κ3) is 4.64. The maximum Gasteiger partial charge on any atom is 0.416 e. The third-order valence-corrected chi connectivity index (χ3v) is 8.37. The van der Waals surface area contributed by atoms with E-state index in [0.717, 1.165) is 18.4 Å². The zero-order chi connectivity index (χ0) is 24.7. The summed E-state index contributed by atoms with van der Waals surface area (Å²) in [5.74, 6) is 0.867. The third-order valence-electron chi connectivity index (χ3n) is 6.26. The molecule has 8 nitrogen and oxygen atoms in total. The molecular formula is C22H24F3N5O3S. The van der Waals surface area contributed by atoms with Crippen LogP contribution in [0.4, 0.5) is 19.0 Å². The van der Waals surface area contributed by atoms with E-state index in [0.29, 0.717) is 41.6 Å². The van der Waals surface area contributed by atoms with Gasteiger partial charge in [-0.05, 0) is 25.0 Å². The van der Waals surface area contributed by atoms with Gasteiger partial charge in [0, 0.05) is 44.2 Å². The Morgan fingerprint density at radius 3 is 2.24 bits per heavy atom. The zero-order valence-corrected chi connectivity index (χ0v) is 19.4. The largest absolute Gasteiger partial charge is 0.416 e. The van der Waals surface area contributed by atoms with E-state index < -0.39 is 32.9 Å². The minimum absolute atomic E-state index is 0.226. The quantitative estimate of drug-likeness (QED) is 0.581. The van der Waals surface area contributed by atoms with Crippen molar-refractivity contribution in [3.8, 4) is 22.6 Å². The summed E-state index contributed by atoms with van der Waals surface area (Å²) in [6, 6.07) is 6.40. The van der Waals surface area contributed by atoms with Crippen molar-refractivity contribution in [3.05, 3.63) is 48.3 Å². The van der Waals surface area contributed by atoms with Crippen LogP contribution in [0.3, 0.4) is 0 Å². The molecule has 1 saturated heterocycles. The summed E-state index contributed by atoms with van der Waals surface area (Å²) in [5, 5.41) is 13.9. The fourth-order valence-corrected chi connectivity index (χ4v) is 5.19. The van der Waals surface area contributed by atoms with Gasteiger partial charge >= 0.3 is 6.18 Å². The highest BCUT2D eigenvalue weighted by Gasteiger charge is 2.43. The second-order valence-electron chi connectivity index (χ2n) is 8.51. The van der Waals surface area contributed by atoms with Crippen LogP contribution < -0.4 is 4.90 Å². The Balaban J connectivity index is 1.72. The smallest absolute Gasteiger partial charge is 0.395 e.